The fourth-order valence-electron chi connectivity index (χ4n) is 2.56. The van der Waals surface area contributed by atoms with Crippen molar-refractivity contribution >= 4 is 23.3 Å². The second-order valence-electron chi connectivity index (χ2n) is 6.01. The molecule has 1 amide bonds. The Balaban J connectivity index is 1.93. The molecule has 0 aliphatic carbocycles. The van der Waals surface area contributed by atoms with Gasteiger partial charge in [0.1, 0.15) is 23.7 Å². The molecule has 1 unspecified atom stereocenters. The smallest absolute Gasteiger partial charge is 0.328 e. The monoisotopic (exact) mass is 390 g/mol. The van der Waals surface area contributed by atoms with Crippen LogP contribution >= 0.6 is 0 Å². The van der Waals surface area contributed by atoms with E-state index in [2.05, 4.69) is 10.4 Å². The average Bonchev–Trinajstić information content (AvgIpc) is 2.90. The van der Waals surface area contributed by atoms with Crippen molar-refractivity contribution in [1.29, 1.82) is 0 Å². The first kappa shape index (κ1) is 20.9. The minimum atomic E-state index is -1.05. The molecule has 1 aromatic carbocycles. The zero-order chi connectivity index (χ0) is 20.8. The Morgan fingerprint density at radius 1 is 1.29 bits per heavy atom. The molecule has 1 N–H and O–H groups in total. The van der Waals surface area contributed by atoms with Crippen molar-refractivity contribution in [3.05, 3.63) is 45.8 Å². The van der Waals surface area contributed by atoms with Gasteiger partial charge in [0.25, 0.3) is 5.91 Å². The Labute approximate surface area is 161 Å². The van der Waals surface area contributed by atoms with Crippen molar-refractivity contribution in [2.24, 2.45) is 0 Å². The summed E-state index contributed by atoms with van der Waals surface area (Å²) in [6.45, 7) is 6.49. The van der Waals surface area contributed by atoms with Gasteiger partial charge >= 0.3 is 11.7 Å². The Morgan fingerprint density at radius 3 is 2.46 bits per heavy atom. The van der Waals surface area contributed by atoms with Crippen molar-refractivity contribution in [3.63, 3.8) is 0 Å². The molecule has 1 heterocycles. The van der Waals surface area contributed by atoms with E-state index in [1.54, 1.807) is 24.3 Å². The Morgan fingerprint density at radius 2 is 1.93 bits per heavy atom. The Kier molecular flexibility index (Phi) is 6.69. The maximum Gasteiger partial charge on any atom is 0.328 e. The van der Waals surface area contributed by atoms with Gasteiger partial charge in [-0.1, -0.05) is 0 Å². The van der Waals surface area contributed by atoms with Crippen LogP contribution < -0.4 is 10.1 Å². The summed E-state index contributed by atoms with van der Waals surface area (Å²) in [6.07, 6.45) is -1.05. The number of hydrogen-bond acceptors (Lipinski definition) is 7. The molecule has 1 atom stereocenters. The van der Waals surface area contributed by atoms with E-state index in [9.17, 15) is 19.7 Å². The maximum absolute atomic E-state index is 12.2. The van der Waals surface area contributed by atoms with E-state index < -0.39 is 22.9 Å². The lowest BCUT2D eigenvalue weighted by Gasteiger charge is -2.14. The van der Waals surface area contributed by atoms with Crippen LogP contribution in [-0.2, 0) is 20.9 Å². The highest BCUT2D eigenvalue weighted by molar-refractivity contribution is 5.95. The largest absolute Gasteiger partial charge is 0.494 e. The van der Waals surface area contributed by atoms with Crippen LogP contribution in [0.1, 0.15) is 25.2 Å². The standard InChI is InChI=1S/C18H22N4O6/c1-5-27-15-8-6-14(7-9-15)19-18(24)13(4)28-16(23)10-21-12(3)17(22(25)26)11(2)20-21/h6-9,13H,5,10H2,1-4H3,(H,19,24). The second-order valence-corrected chi connectivity index (χ2v) is 6.01. The number of hydrogen-bond donors (Lipinski definition) is 1. The molecular weight excluding hydrogens is 368 g/mol. The van der Waals surface area contributed by atoms with Gasteiger partial charge in [0.15, 0.2) is 6.10 Å². The number of nitrogens with one attached hydrogen (secondary N) is 1. The molecular formula is C18H22N4O6. The van der Waals surface area contributed by atoms with Gasteiger partial charge in [-0.15, -0.1) is 0 Å². The predicted octanol–water partition coefficient (Wildman–Crippen LogP) is 2.38. The normalized spacial score (nSPS) is 11.6. The average molecular weight is 390 g/mol. The number of ether oxygens (including phenoxy) is 2. The van der Waals surface area contributed by atoms with E-state index in [0.717, 1.165) is 0 Å². The second kappa shape index (κ2) is 8.98. The molecule has 0 saturated carbocycles. The van der Waals surface area contributed by atoms with Gasteiger partial charge in [0.2, 0.25) is 0 Å². The summed E-state index contributed by atoms with van der Waals surface area (Å²) in [6, 6.07) is 6.77. The van der Waals surface area contributed by atoms with Crippen LogP contribution in [0.15, 0.2) is 24.3 Å². The first-order valence-corrected chi connectivity index (χ1v) is 8.64. The summed E-state index contributed by atoms with van der Waals surface area (Å²) < 4.78 is 11.6. The molecule has 10 heteroatoms. The predicted molar refractivity (Wildman–Crippen MR) is 100 cm³/mol. The Bertz CT molecular complexity index is 875. The fourth-order valence-corrected chi connectivity index (χ4v) is 2.56. The molecule has 10 nitrogen and oxygen atoms in total. The summed E-state index contributed by atoms with van der Waals surface area (Å²) in [5, 5.41) is 17.6. The van der Waals surface area contributed by atoms with Crippen LogP contribution in [0.3, 0.4) is 0 Å². The van der Waals surface area contributed by atoms with Gasteiger partial charge in [-0.3, -0.25) is 24.4 Å². The lowest BCUT2D eigenvalue weighted by molar-refractivity contribution is -0.386. The Hall–Kier alpha value is -3.43. The van der Waals surface area contributed by atoms with Gasteiger partial charge in [-0.2, -0.15) is 5.10 Å². The third-order valence-corrected chi connectivity index (χ3v) is 3.92. The quantitative estimate of drug-likeness (QED) is 0.416. The van der Waals surface area contributed by atoms with Crippen LogP contribution in [0.25, 0.3) is 0 Å². The molecule has 0 aliphatic heterocycles. The maximum atomic E-state index is 12.2. The summed E-state index contributed by atoms with van der Waals surface area (Å²) in [5.74, 6) is -0.550. The van der Waals surface area contributed by atoms with Crippen molar-refractivity contribution < 1.29 is 24.0 Å². The SMILES string of the molecule is CCOc1ccc(NC(=O)C(C)OC(=O)Cn2nc(C)c([N+](=O)[O-])c2C)cc1. The lowest BCUT2D eigenvalue weighted by atomic mass is 10.3. The highest BCUT2D eigenvalue weighted by atomic mass is 16.6. The molecule has 2 aromatic rings. The van der Waals surface area contributed by atoms with E-state index in [4.69, 9.17) is 9.47 Å². The molecule has 1 aromatic heterocycles. The first-order chi connectivity index (χ1) is 13.2. The third-order valence-electron chi connectivity index (χ3n) is 3.92. The van der Waals surface area contributed by atoms with E-state index in [0.29, 0.717) is 18.0 Å². The van der Waals surface area contributed by atoms with Crippen molar-refractivity contribution in [2.75, 3.05) is 11.9 Å². The minimum Gasteiger partial charge on any atom is -0.494 e. The summed E-state index contributed by atoms with van der Waals surface area (Å²) in [7, 11) is 0. The molecule has 0 bridgehead atoms. The van der Waals surface area contributed by atoms with Crippen LogP contribution in [0.4, 0.5) is 11.4 Å². The zero-order valence-corrected chi connectivity index (χ0v) is 16.1. The van der Waals surface area contributed by atoms with E-state index in [1.807, 2.05) is 6.92 Å². The van der Waals surface area contributed by atoms with E-state index >= 15 is 0 Å². The van der Waals surface area contributed by atoms with Crippen LogP contribution in [-0.4, -0.2) is 39.3 Å². The number of nitro groups is 1. The number of anilines is 1. The molecule has 0 fully saturated rings. The molecule has 28 heavy (non-hydrogen) atoms. The molecule has 0 saturated heterocycles. The number of rotatable bonds is 8. The molecule has 2 rings (SSSR count). The number of carbonyl (C=O) groups excluding carboxylic acids is 2. The summed E-state index contributed by atoms with van der Waals surface area (Å²) in [4.78, 5) is 34.7. The van der Waals surface area contributed by atoms with Gasteiger partial charge < -0.3 is 14.8 Å². The first-order valence-electron chi connectivity index (χ1n) is 8.64. The number of carbonyl (C=O) groups is 2. The van der Waals surface area contributed by atoms with Crippen LogP contribution in [0, 0.1) is 24.0 Å². The van der Waals surface area contributed by atoms with Gasteiger partial charge in [-0.25, -0.2) is 0 Å². The highest BCUT2D eigenvalue weighted by Crippen LogP contribution is 2.21. The van der Waals surface area contributed by atoms with Crippen molar-refractivity contribution in [1.82, 2.24) is 9.78 Å². The van der Waals surface area contributed by atoms with Gasteiger partial charge in [0, 0.05) is 5.69 Å². The highest BCUT2D eigenvalue weighted by Gasteiger charge is 2.24. The molecule has 0 aliphatic rings. The molecule has 0 spiro atoms. The minimum absolute atomic E-state index is 0.144. The van der Waals surface area contributed by atoms with Crippen LogP contribution in [0.5, 0.6) is 5.75 Å². The van der Waals surface area contributed by atoms with Gasteiger partial charge in [-0.05, 0) is 52.0 Å². The molecule has 150 valence electrons. The number of aromatic nitrogens is 2. The molecule has 0 radical (unpaired) electrons. The van der Waals surface area contributed by atoms with Crippen molar-refractivity contribution in [3.8, 4) is 5.75 Å². The number of nitrogens with zero attached hydrogens (tertiary/aromatic N) is 3. The number of aryl methyl sites for hydroxylation is 1. The topological polar surface area (TPSA) is 126 Å². The third kappa shape index (κ3) is 5.06. The number of benzene rings is 1. The van der Waals surface area contributed by atoms with Crippen LogP contribution in [0.2, 0.25) is 0 Å². The summed E-state index contributed by atoms with van der Waals surface area (Å²) >= 11 is 0. The van der Waals surface area contributed by atoms with E-state index in [1.165, 1.54) is 25.5 Å². The summed E-state index contributed by atoms with van der Waals surface area (Å²) in [5.41, 5.74) is 0.835. The van der Waals surface area contributed by atoms with Gasteiger partial charge in [0.05, 0.1) is 11.5 Å². The fraction of sp³-hybridized carbons (Fsp3) is 0.389. The number of amides is 1. The lowest BCUT2D eigenvalue weighted by Crippen LogP contribution is -2.31. The number of esters is 1. The van der Waals surface area contributed by atoms with E-state index in [-0.39, 0.29) is 23.6 Å². The zero-order valence-electron chi connectivity index (χ0n) is 16.1. The van der Waals surface area contributed by atoms with Crippen molar-refractivity contribution in [2.45, 2.75) is 40.3 Å².